The van der Waals surface area contributed by atoms with Crippen LogP contribution in [0.2, 0.25) is 0 Å². The molecular formula is C20H24N4O5. The minimum absolute atomic E-state index is 0.0854. The van der Waals surface area contributed by atoms with Gasteiger partial charge in [0.15, 0.2) is 5.76 Å². The van der Waals surface area contributed by atoms with Gasteiger partial charge in [0.25, 0.3) is 5.91 Å². The van der Waals surface area contributed by atoms with Gasteiger partial charge in [-0.05, 0) is 49.2 Å². The minimum Gasteiger partial charge on any atom is -0.459 e. The number of carbonyl (C=O) groups is 3. The van der Waals surface area contributed by atoms with E-state index in [-0.39, 0.29) is 42.7 Å². The standard InChI is InChI=1S/C20H24N4O5/c25-18(9-10-21-19(26)17-4-2-12-29-17)23-14-5-7-15(8-6-14)24-20(27)22-13-16-3-1-11-28-16/h2,4-8,12,16H,1,3,9-11,13H2,(H,21,26)(H,23,25)(H2,22,24,27). The maximum atomic E-state index is 12.0. The van der Waals surface area contributed by atoms with Gasteiger partial charge in [0, 0.05) is 37.5 Å². The monoisotopic (exact) mass is 400 g/mol. The molecule has 0 radical (unpaired) electrons. The summed E-state index contributed by atoms with van der Waals surface area (Å²) in [7, 11) is 0. The highest BCUT2D eigenvalue weighted by Crippen LogP contribution is 2.14. The zero-order valence-electron chi connectivity index (χ0n) is 15.9. The van der Waals surface area contributed by atoms with Crippen LogP contribution in [0.25, 0.3) is 0 Å². The molecule has 1 unspecified atom stereocenters. The summed E-state index contributed by atoms with van der Waals surface area (Å²) in [5, 5.41) is 10.9. The van der Waals surface area contributed by atoms with Gasteiger partial charge in [-0.2, -0.15) is 0 Å². The van der Waals surface area contributed by atoms with Crippen molar-refractivity contribution in [2.75, 3.05) is 30.3 Å². The molecule has 9 heteroatoms. The van der Waals surface area contributed by atoms with E-state index in [2.05, 4.69) is 21.3 Å². The van der Waals surface area contributed by atoms with Gasteiger partial charge in [-0.25, -0.2) is 4.79 Å². The predicted molar refractivity (Wildman–Crippen MR) is 107 cm³/mol. The fraction of sp³-hybridized carbons (Fsp3) is 0.350. The Bertz CT molecular complexity index is 814. The molecule has 0 aliphatic carbocycles. The number of nitrogens with one attached hydrogen (secondary N) is 4. The number of urea groups is 1. The molecule has 1 saturated heterocycles. The molecule has 1 aromatic heterocycles. The largest absolute Gasteiger partial charge is 0.459 e. The van der Waals surface area contributed by atoms with Crippen molar-refractivity contribution in [3.8, 4) is 0 Å². The Labute approximate surface area is 168 Å². The van der Waals surface area contributed by atoms with Crippen LogP contribution in [0.3, 0.4) is 0 Å². The van der Waals surface area contributed by atoms with Crippen molar-refractivity contribution < 1.29 is 23.5 Å². The summed E-state index contributed by atoms with van der Waals surface area (Å²) in [6.07, 6.45) is 3.60. The number of ether oxygens (including phenoxy) is 1. The molecule has 3 rings (SSSR count). The molecule has 0 saturated carbocycles. The molecule has 0 bridgehead atoms. The highest BCUT2D eigenvalue weighted by Gasteiger charge is 2.16. The van der Waals surface area contributed by atoms with Crippen LogP contribution in [0.1, 0.15) is 29.8 Å². The van der Waals surface area contributed by atoms with Crippen LogP contribution in [0.15, 0.2) is 47.1 Å². The number of amides is 4. The third-order valence-electron chi connectivity index (χ3n) is 4.32. The quantitative estimate of drug-likeness (QED) is 0.542. The van der Waals surface area contributed by atoms with Crippen LogP contribution in [0.4, 0.5) is 16.2 Å². The summed E-state index contributed by atoms with van der Waals surface area (Å²) in [4.78, 5) is 35.6. The Kier molecular flexibility index (Phi) is 7.23. The lowest BCUT2D eigenvalue weighted by Crippen LogP contribution is -2.35. The van der Waals surface area contributed by atoms with Crippen LogP contribution >= 0.6 is 0 Å². The van der Waals surface area contributed by atoms with Crippen LogP contribution in [0.5, 0.6) is 0 Å². The summed E-state index contributed by atoms with van der Waals surface area (Å²) < 4.78 is 10.4. The SMILES string of the molecule is O=C(CCNC(=O)c1ccco1)Nc1ccc(NC(=O)NCC2CCCO2)cc1. The number of hydrogen-bond acceptors (Lipinski definition) is 5. The van der Waals surface area contributed by atoms with Gasteiger partial charge in [0.05, 0.1) is 12.4 Å². The highest BCUT2D eigenvalue weighted by molar-refractivity contribution is 5.94. The molecule has 1 aliphatic heterocycles. The van der Waals surface area contributed by atoms with E-state index in [0.29, 0.717) is 17.9 Å². The lowest BCUT2D eigenvalue weighted by molar-refractivity contribution is -0.116. The van der Waals surface area contributed by atoms with Gasteiger partial charge in [-0.15, -0.1) is 0 Å². The third-order valence-corrected chi connectivity index (χ3v) is 4.32. The topological polar surface area (TPSA) is 122 Å². The van der Waals surface area contributed by atoms with Crippen molar-refractivity contribution in [2.45, 2.75) is 25.4 Å². The molecule has 4 N–H and O–H groups in total. The first-order valence-electron chi connectivity index (χ1n) is 9.48. The van der Waals surface area contributed by atoms with Gasteiger partial charge in [-0.1, -0.05) is 0 Å². The van der Waals surface area contributed by atoms with E-state index < -0.39 is 0 Å². The number of rotatable bonds is 8. The summed E-state index contributed by atoms with van der Waals surface area (Å²) in [6, 6.07) is 9.63. The Hall–Kier alpha value is -3.33. The maximum absolute atomic E-state index is 12.0. The molecule has 29 heavy (non-hydrogen) atoms. The fourth-order valence-corrected chi connectivity index (χ4v) is 2.83. The molecule has 1 fully saturated rings. The van der Waals surface area contributed by atoms with E-state index in [0.717, 1.165) is 19.4 Å². The molecule has 1 aliphatic rings. The van der Waals surface area contributed by atoms with Crippen molar-refractivity contribution in [1.29, 1.82) is 0 Å². The van der Waals surface area contributed by atoms with E-state index in [1.165, 1.54) is 6.26 Å². The van der Waals surface area contributed by atoms with Gasteiger partial charge in [-0.3, -0.25) is 9.59 Å². The summed E-state index contributed by atoms with van der Waals surface area (Å²) in [5.74, 6) is -0.399. The Morgan fingerprint density at radius 1 is 1.00 bits per heavy atom. The van der Waals surface area contributed by atoms with Crippen molar-refractivity contribution in [3.05, 3.63) is 48.4 Å². The molecule has 9 nitrogen and oxygen atoms in total. The maximum Gasteiger partial charge on any atom is 0.319 e. The Morgan fingerprint density at radius 3 is 2.41 bits per heavy atom. The summed E-state index contributed by atoms with van der Waals surface area (Å²) >= 11 is 0. The van der Waals surface area contributed by atoms with Crippen LogP contribution in [-0.2, 0) is 9.53 Å². The number of hydrogen-bond donors (Lipinski definition) is 4. The number of anilines is 2. The van der Waals surface area contributed by atoms with Gasteiger partial charge < -0.3 is 30.4 Å². The molecule has 2 heterocycles. The smallest absolute Gasteiger partial charge is 0.319 e. The lowest BCUT2D eigenvalue weighted by atomic mass is 10.2. The van der Waals surface area contributed by atoms with Gasteiger partial charge in [0.1, 0.15) is 0 Å². The first-order valence-corrected chi connectivity index (χ1v) is 9.48. The van der Waals surface area contributed by atoms with Gasteiger partial charge in [0.2, 0.25) is 5.91 Å². The Morgan fingerprint density at radius 2 is 1.76 bits per heavy atom. The van der Waals surface area contributed by atoms with Crippen LogP contribution < -0.4 is 21.3 Å². The first-order chi connectivity index (χ1) is 14.1. The zero-order valence-corrected chi connectivity index (χ0v) is 15.9. The van der Waals surface area contributed by atoms with Crippen molar-refractivity contribution in [2.24, 2.45) is 0 Å². The summed E-state index contributed by atoms with van der Waals surface area (Å²) in [6.45, 7) is 1.42. The van der Waals surface area contributed by atoms with Crippen LogP contribution in [-0.4, -0.2) is 43.6 Å². The molecule has 4 amide bonds. The second kappa shape index (κ2) is 10.3. The van der Waals surface area contributed by atoms with E-state index in [4.69, 9.17) is 9.15 Å². The predicted octanol–water partition coefficient (Wildman–Crippen LogP) is 2.34. The molecule has 2 aromatic rings. The minimum atomic E-state index is -0.365. The molecule has 1 aromatic carbocycles. The number of furan rings is 1. The normalized spacial score (nSPS) is 15.5. The van der Waals surface area contributed by atoms with E-state index >= 15 is 0 Å². The third kappa shape index (κ3) is 6.65. The van der Waals surface area contributed by atoms with E-state index in [1.54, 1.807) is 36.4 Å². The lowest BCUT2D eigenvalue weighted by Gasteiger charge is -2.12. The fourth-order valence-electron chi connectivity index (χ4n) is 2.83. The first kappa shape index (κ1) is 20.4. The van der Waals surface area contributed by atoms with E-state index in [1.807, 2.05) is 0 Å². The molecule has 1 atom stereocenters. The Balaban J connectivity index is 1.35. The second-order valence-corrected chi connectivity index (χ2v) is 6.58. The van der Waals surface area contributed by atoms with Crippen molar-refractivity contribution in [3.63, 3.8) is 0 Å². The van der Waals surface area contributed by atoms with E-state index in [9.17, 15) is 14.4 Å². The van der Waals surface area contributed by atoms with Gasteiger partial charge >= 0.3 is 6.03 Å². The average molecular weight is 400 g/mol. The number of benzene rings is 1. The van der Waals surface area contributed by atoms with Crippen molar-refractivity contribution in [1.82, 2.24) is 10.6 Å². The molecular weight excluding hydrogens is 376 g/mol. The zero-order chi connectivity index (χ0) is 20.5. The number of carbonyl (C=O) groups excluding carboxylic acids is 3. The average Bonchev–Trinajstić information content (AvgIpc) is 3.42. The van der Waals surface area contributed by atoms with Crippen molar-refractivity contribution >= 4 is 29.2 Å². The highest BCUT2D eigenvalue weighted by atomic mass is 16.5. The molecule has 0 spiro atoms. The summed E-state index contributed by atoms with van der Waals surface area (Å²) in [5.41, 5.74) is 1.20. The molecule has 154 valence electrons. The van der Waals surface area contributed by atoms with Crippen LogP contribution in [0, 0.1) is 0 Å². The second-order valence-electron chi connectivity index (χ2n) is 6.58.